The number of hydrogen-bond acceptors (Lipinski definition) is 4. The number of amides is 1. The zero-order valence-electron chi connectivity index (χ0n) is 12.3. The third-order valence-electron chi connectivity index (χ3n) is 4.35. The maximum atomic E-state index is 12.6. The molecule has 1 aromatic carbocycles. The number of ether oxygens (including phenoxy) is 2. The van der Waals surface area contributed by atoms with Gasteiger partial charge in [0.2, 0.25) is 0 Å². The van der Waals surface area contributed by atoms with E-state index in [1.165, 1.54) is 0 Å². The number of carboxylic acid groups (broad SMARTS) is 1. The van der Waals surface area contributed by atoms with Crippen LogP contribution in [0.15, 0.2) is 24.3 Å². The molecule has 1 unspecified atom stereocenters. The number of hydrogen-bond donors (Lipinski definition) is 1. The van der Waals surface area contributed by atoms with Gasteiger partial charge in [0.1, 0.15) is 5.75 Å². The number of carbonyl (C=O) groups is 2. The van der Waals surface area contributed by atoms with Crippen LogP contribution in [0, 0.1) is 5.41 Å². The van der Waals surface area contributed by atoms with Gasteiger partial charge in [-0.25, -0.2) is 4.79 Å². The molecule has 1 spiro atoms. The summed E-state index contributed by atoms with van der Waals surface area (Å²) in [5.74, 6) is -0.685. The van der Waals surface area contributed by atoms with Gasteiger partial charge in [-0.15, -0.1) is 0 Å². The number of nitrogens with zero attached hydrogens (tertiary/aromatic N) is 1. The van der Waals surface area contributed by atoms with Gasteiger partial charge in [0.05, 0.1) is 6.61 Å². The topological polar surface area (TPSA) is 76.1 Å². The van der Waals surface area contributed by atoms with Gasteiger partial charge in [0, 0.05) is 30.7 Å². The van der Waals surface area contributed by atoms with Crippen molar-refractivity contribution in [2.45, 2.75) is 12.8 Å². The minimum absolute atomic E-state index is 0.0375. The fourth-order valence-electron chi connectivity index (χ4n) is 3.13. The molecule has 1 atom stereocenters. The molecule has 0 saturated carbocycles. The van der Waals surface area contributed by atoms with Crippen molar-refractivity contribution in [3.8, 4) is 5.75 Å². The molecule has 22 heavy (non-hydrogen) atoms. The van der Waals surface area contributed by atoms with E-state index in [-0.39, 0.29) is 11.3 Å². The molecule has 0 aromatic heterocycles. The Bertz CT molecular complexity index is 580. The Kier molecular flexibility index (Phi) is 4.02. The van der Waals surface area contributed by atoms with Crippen molar-refractivity contribution in [3.05, 3.63) is 29.8 Å². The van der Waals surface area contributed by atoms with E-state index < -0.39 is 12.6 Å². The van der Waals surface area contributed by atoms with Crippen molar-refractivity contribution < 1.29 is 24.2 Å². The van der Waals surface area contributed by atoms with Crippen LogP contribution < -0.4 is 4.74 Å². The van der Waals surface area contributed by atoms with Crippen molar-refractivity contribution >= 4 is 11.9 Å². The van der Waals surface area contributed by atoms with Gasteiger partial charge < -0.3 is 19.5 Å². The zero-order chi connectivity index (χ0) is 15.6. The second-order valence-corrected chi connectivity index (χ2v) is 5.99. The fraction of sp³-hybridized carbons (Fsp3) is 0.500. The van der Waals surface area contributed by atoms with Gasteiger partial charge in [-0.05, 0) is 31.0 Å². The molecule has 6 heteroatoms. The van der Waals surface area contributed by atoms with Crippen molar-refractivity contribution in [2.24, 2.45) is 5.41 Å². The predicted molar refractivity (Wildman–Crippen MR) is 78.0 cm³/mol. The maximum absolute atomic E-state index is 12.6. The van der Waals surface area contributed by atoms with Crippen molar-refractivity contribution in [3.63, 3.8) is 0 Å². The van der Waals surface area contributed by atoms with Crippen LogP contribution in [0.1, 0.15) is 23.2 Å². The number of likely N-dealkylation sites (tertiary alicyclic amines) is 1. The molecule has 0 radical (unpaired) electrons. The number of carboxylic acids is 1. The average molecular weight is 305 g/mol. The van der Waals surface area contributed by atoms with E-state index in [1.807, 2.05) is 4.90 Å². The zero-order valence-corrected chi connectivity index (χ0v) is 12.3. The molecule has 1 aromatic rings. The second kappa shape index (κ2) is 5.96. The van der Waals surface area contributed by atoms with Crippen LogP contribution in [0.2, 0.25) is 0 Å². The molecule has 2 aliphatic heterocycles. The Morgan fingerprint density at radius 3 is 2.95 bits per heavy atom. The highest BCUT2D eigenvalue weighted by molar-refractivity contribution is 5.94. The highest BCUT2D eigenvalue weighted by Gasteiger charge is 2.42. The van der Waals surface area contributed by atoms with Gasteiger partial charge in [-0.2, -0.15) is 0 Å². The number of benzene rings is 1. The number of rotatable bonds is 4. The molecular formula is C16H19NO5. The van der Waals surface area contributed by atoms with Crippen LogP contribution in [0.4, 0.5) is 0 Å². The summed E-state index contributed by atoms with van der Waals surface area (Å²) in [6.07, 6.45) is 1.99. The standard InChI is InChI=1S/C16H19NO5/c18-14(19)9-22-13-3-1-2-12(8-13)15(20)17-6-4-16(10-17)5-7-21-11-16/h1-3,8H,4-7,9-11H2,(H,18,19). The maximum Gasteiger partial charge on any atom is 0.341 e. The monoisotopic (exact) mass is 305 g/mol. The van der Waals surface area contributed by atoms with Gasteiger partial charge in [0.15, 0.2) is 6.61 Å². The summed E-state index contributed by atoms with van der Waals surface area (Å²) in [7, 11) is 0. The van der Waals surface area contributed by atoms with Gasteiger partial charge in [-0.3, -0.25) is 4.79 Å². The molecule has 0 aliphatic carbocycles. The molecule has 1 amide bonds. The third-order valence-corrected chi connectivity index (χ3v) is 4.35. The summed E-state index contributed by atoms with van der Waals surface area (Å²) < 4.78 is 10.6. The van der Waals surface area contributed by atoms with E-state index in [2.05, 4.69) is 0 Å². The molecular weight excluding hydrogens is 286 g/mol. The first-order chi connectivity index (χ1) is 10.6. The Morgan fingerprint density at radius 1 is 1.36 bits per heavy atom. The van der Waals surface area contributed by atoms with E-state index in [9.17, 15) is 9.59 Å². The summed E-state index contributed by atoms with van der Waals surface area (Å²) in [5.41, 5.74) is 0.659. The Balaban J connectivity index is 1.67. The highest BCUT2D eigenvalue weighted by atomic mass is 16.5. The molecule has 3 rings (SSSR count). The van der Waals surface area contributed by atoms with Crippen LogP contribution in [-0.2, 0) is 9.53 Å². The number of carbonyl (C=O) groups excluding carboxylic acids is 1. The minimum atomic E-state index is -1.04. The average Bonchev–Trinajstić information content (AvgIpc) is 3.15. The predicted octanol–water partition coefficient (Wildman–Crippen LogP) is 1.40. The summed E-state index contributed by atoms with van der Waals surface area (Å²) in [6, 6.07) is 6.68. The summed E-state index contributed by atoms with van der Waals surface area (Å²) >= 11 is 0. The van der Waals surface area contributed by atoms with E-state index in [1.54, 1.807) is 24.3 Å². The largest absolute Gasteiger partial charge is 0.482 e. The molecule has 2 heterocycles. The van der Waals surface area contributed by atoms with E-state index in [0.717, 1.165) is 39.1 Å². The SMILES string of the molecule is O=C(O)COc1cccc(C(=O)N2CCC3(CCOC3)C2)c1. The van der Waals surface area contributed by atoms with E-state index in [0.29, 0.717) is 11.3 Å². The van der Waals surface area contributed by atoms with E-state index in [4.69, 9.17) is 14.6 Å². The third kappa shape index (κ3) is 3.06. The first-order valence-electron chi connectivity index (χ1n) is 7.40. The molecule has 2 fully saturated rings. The molecule has 2 saturated heterocycles. The number of aliphatic carboxylic acids is 1. The van der Waals surface area contributed by atoms with Gasteiger partial charge in [0.25, 0.3) is 5.91 Å². The van der Waals surface area contributed by atoms with Crippen molar-refractivity contribution in [2.75, 3.05) is 32.9 Å². The summed E-state index contributed by atoms with van der Waals surface area (Å²) in [4.78, 5) is 25.0. The second-order valence-electron chi connectivity index (χ2n) is 5.99. The van der Waals surface area contributed by atoms with E-state index >= 15 is 0 Å². The normalized spacial score (nSPS) is 23.9. The van der Waals surface area contributed by atoms with Crippen LogP contribution in [0.25, 0.3) is 0 Å². The van der Waals surface area contributed by atoms with Crippen molar-refractivity contribution in [1.82, 2.24) is 4.90 Å². The molecule has 118 valence electrons. The minimum Gasteiger partial charge on any atom is -0.482 e. The van der Waals surface area contributed by atoms with Gasteiger partial charge in [-0.1, -0.05) is 6.07 Å². The highest BCUT2D eigenvalue weighted by Crippen LogP contribution is 2.38. The summed E-state index contributed by atoms with van der Waals surface area (Å²) in [6.45, 7) is 2.56. The lowest BCUT2D eigenvalue weighted by atomic mass is 9.87. The lowest BCUT2D eigenvalue weighted by Gasteiger charge is -2.22. The van der Waals surface area contributed by atoms with Gasteiger partial charge >= 0.3 is 5.97 Å². The Hall–Kier alpha value is -2.08. The Morgan fingerprint density at radius 2 is 2.23 bits per heavy atom. The smallest absolute Gasteiger partial charge is 0.341 e. The lowest BCUT2D eigenvalue weighted by Crippen LogP contribution is -2.32. The first kappa shape index (κ1) is 14.8. The quantitative estimate of drug-likeness (QED) is 0.910. The molecule has 1 N–H and O–H groups in total. The van der Waals surface area contributed by atoms with Crippen LogP contribution in [-0.4, -0.2) is 54.8 Å². The first-order valence-corrected chi connectivity index (χ1v) is 7.40. The van der Waals surface area contributed by atoms with Crippen LogP contribution >= 0.6 is 0 Å². The lowest BCUT2D eigenvalue weighted by molar-refractivity contribution is -0.139. The Labute approximate surface area is 128 Å². The van der Waals surface area contributed by atoms with Crippen LogP contribution in [0.3, 0.4) is 0 Å². The fourth-order valence-corrected chi connectivity index (χ4v) is 3.13. The van der Waals surface area contributed by atoms with Crippen LogP contribution in [0.5, 0.6) is 5.75 Å². The molecule has 0 bridgehead atoms. The molecule has 6 nitrogen and oxygen atoms in total. The molecule has 2 aliphatic rings. The van der Waals surface area contributed by atoms with Crippen molar-refractivity contribution in [1.29, 1.82) is 0 Å². The summed E-state index contributed by atoms with van der Waals surface area (Å²) in [5, 5.41) is 8.63.